The predicted octanol–water partition coefficient (Wildman–Crippen LogP) is 7.39. The van der Waals surface area contributed by atoms with Gasteiger partial charge >= 0.3 is 0 Å². The summed E-state index contributed by atoms with van der Waals surface area (Å²) in [6, 6.07) is 8.26. The Hall–Kier alpha value is -0.760. The van der Waals surface area contributed by atoms with Crippen molar-refractivity contribution < 1.29 is 4.74 Å². The summed E-state index contributed by atoms with van der Waals surface area (Å²) in [5.74, 6) is 0.982. The first kappa shape index (κ1) is 20.3. The van der Waals surface area contributed by atoms with Crippen molar-refractivity contribution in [2.24, 2.45) is 0 Å². The molecule has 0 fully saturated rings. The van der Waals surface area contributed by atoms with Gasteiger partial charge in [0, 0.05) is 10.9 Å². The van der Waals surface area contributed by atoms with Gasteiger partial charge in [-0.3, -0.25) is 0 Å². The summed E-state index contributed by atoms with van der Waals surface area (Å²) in [4.78, 5) is 0. The van der Waals surface area contributed by atoms with E-state index in [1.807, 2.05) is 12.1 Å². The fourth-order valence-electron chi connectivity index (χ4n) is 2.68. The molecule has 0 aliphatic rings. The molecule has 0 saturated heterocycles. The van der Waals surface area contributed by atoms with Crippen LogP contribution in [0.5, 0.6) is 5.75 Å². The maximum atomic E-state index is 5.74. The van der Waals surface area contributed by atoms with Crippen LogP contribution in [0.2, 0.25) is 0 Å². The Balaban J connectivity index is 2.10. The summed E-state index contributed by atoms with van der Waals surface area (Å²) in [5, 5.41) is 0.865. The number of ether oxygens (including phenoxy) is 1. The van der Waals surface area contributed by atoms with Gasteiger partial charge in [0.25, 0.3) is 0 Å². The summed E-state index contributed by atoms with van der Waals surface area (Å²) in [5.41, 5.74) is 1.18. The van der Waals surface area contributed by atoms with Crippen LogP contribution in [0.1, 0.15) is 76.7 Å². The van der Waals surface area contributed by atoms with E-state index in [0.717, 1.165) is 11.1 Å². The molecule has 0 radical (unpaired) electrons. The third-order valence-corrected chi connectivity index (χ3v) is 4.35. The predicted molar refractivity (Wildman–Crippen MR) is 107 cm³/mol. The molecule has 23 heavy (non-hydrogen) atoms. The van der Waals surface area contributed by atoms with Gasteiger partial charge in [0.05, 0.1) is 6.61 Å². The Kier molecular flexibility index (Phi) is 13.1. The van der Waals surface area contributed by atoms with E-state index in [9.17, 15) is 0 Å². The second-order valence-corrected chi connectivity index (χ2v) is 6.89. The fourth-order valence-corrected chi connectivity index (χ4v) is 2.84. The first-order valence-electron chi connectivity index (χ1n) is 9.32. The largest absolute Gasteiger partial charge is 0.492 e. The third kappa shape index (κ3) is 10.6. The summed E-state index contributed by atoms with van der Waals surface area (Å²) < 4.78 is 5.74. The van der Waals surface area contributed by atoms with Gasteiger partial charge in [-0.05, 0) is 18.9 Å². The smallest absolute Gasteiger partial charge is 0.126 e. The number of unbranched alkanes of at least 4 members (excludes halogenated alkanes) is 9. The van der Waals surface area contributed by atoms with Crippen molar-refractivity contribution in [2.45, 2.75) is 71.1 Å². The molecule has 0 heterocycles. The molecule has 1 rings (SSSR count). The minimum Gasteiger partial charge on any atom is -0.492 e. The number of hydrogen-bond donors (Lipinski definition) is 0. The van der Waals surface area contributed by atoms with E-state index in [4.69, 9.17) is 4.74 Å². The van der Waals surface area contributed by atoms with Crippen LogP contribution in [-0.2, 0) is 0 Å². The van der Waals surface area contributed by atoms with Crippen molar-refractivity contribution in [3.63, 3.8) is 0 Å². The molecular weight excluding hydrogens is 348 g/mol. The number of hydrogen-bond acceptors (Lipinski definition) is 1. The summed E-state index contributed by atoms with van der Waals surface area (Å²) in [7, 11) is 0. The lowest BCUT2D eigenvalue weighted by molar-refractivity contribution is 0.344. The van der Waals surface area contributed by atoms with Crippen LogP contribution in [0.4, 0.5) is 0 Å². The number of benzene rings is 1. The molecule has 0 amide bonds. The van der Waals surface area contributed by atoms with Gasteiger partial charge in [-0.25, -0.2) is 0 Å². The van der Waals surface area contributed by atoms with Crippen LogP contribution >= 0.6 is 15.9 Å². The molecule has 0 aliphatic heterocycles. The quantitative estimate of drug-likeness (QED) is 0.241. The lowest BCUT2D eigenvalue weighted by Gasteiger charge is -2.07. The Morgan fingerprint density at radius 2 is 1.57 bits per heavy atom. The SMILES string of the molecule is CCCCCCCCCCCC=Cc1ccccc1OCCBr. The molecule has 1 nitrogen and oxygen atoms in total. The van der Waals surface area contributed by atoms with Gasteiger partial charge in [0.15, 0.2) is 0 Å². The Labute approximate surface area is 151 Å². The maximum Gasteiger partial charge on any atom is 0.126 e. The number of allylic oxidation sites excluding steroid dienone is 1. The monoisotopic (exact) mass is 380 g/mol. The van der Waals surface area contributed by atoms with E-state index >= 15 is 0 Å². The van der Waals surface area contributed by atoms with Crippen molar-refractivity contribution in [1.82, 2.24) is 0 Å². The number of rotatable bonds is 14. The molecule has 1 aromatic rings. The van der Waals surface area contributed by atoms with Crippen LogP contribution < -0.4 is 4.74 Å². The van der Waals surface area contributed by atoms with E-state index in [-0.39, 0.29) is 0 Å². The molecule has 0 saturated carbocycles. The van der Waals surface area contributed by atoms with Gasteiger partial charge in [-0.2, -0.15) is 0 Å². The molecular formula is C21H33BrO. The molecule has 0 aliphatic carbocycles. The average Bonchev–Trinajstić information content (AvgIpc) is 2.58. The molecule has 0 aromatic heterocycles. The van der Waals surface area contributed by atoms with Gasteiger partial charge in [0.1, 0.15) is 5.75 Å². The van der Waals surface area contributed by atoms with Crippen LogP contribution in [0, 0.1) is 0 Å². The zero-order chi connectivity index (χ0) is 16.6. The van der Waals surface area contributed by atoms with E-state index in [0.29, 0.717) is 6.61 Å². The van der Waals surface area contributed by atoms with Crippen LogP contribution in [-0.4, -0.2) is 11.9 Å². The maximum absolute atomic E-state index is 5.74. The highest BCUT2D eigenvalue weighted by Crippen LogP contribution is 2.20. The second kappa shape index (κ2) is 14.8. The number of alkyl halides is 1. The molecule has 2 heteroatoms. The highest BCUT2D eigenvalue weighted by atomic mass is 79.9. The Morgan fingerprint density at radius 3 is 2.26 bits per heavy atom. The first-order chi connectivity index (χ1) is 11.4. The van der Waals surface area contributed by atoms with E-state index in [1.54, 1.807) is 0 Å². The summed E-state index contributed by atoms with van der Waals surface area (Å²) in [6.07, 6.45) is 18.2. The molecule has 0 bridgehead atoms. The van der Waals surface area contributed by atoms with Crippen LogP contribution in [0.3, 0.4) is 0 Å². The van der Waals surface area contributed by atoms with Crippen molar-refractivity contribution in [1.29, 1.82) is 0 Å². The molecule has 0 unspecified atom stereocenters. The number of para-hydroxylation sites is 1. The van der Waals surface area contributed by atoms with E-state index < -0.39 is 0 Å². The second-order valence-electron chi connectivity index (χ2n) is 6.09. The van der Waals surface area contributed by atoms with Crippen molar-refractivity contribution in [3.8, 4) is 5.75 Å². The van der Waals surface area contributed by atoms with Crippen molar-refractivity contribution >= 4 is 22.0 Å². The van der Waals surface area contributed by atoms with Gasteiger partial charge in [-0.1, -0.05) is 105 Å². The van der Waals surface area contributed by atoms with Crippen LogP contribution in [0.15, 0.2) is 30.3 Å². The number of halogens is 1. The lowest BCUT2D eigenvalue weighted by atomic mass is 10.1. The zero-order valence-electron chi connectivity index (χ0n) is 14.7. The summed E-state index contributed by atoms with van der Waals surface area (Å²) in [6.45, 7) is 2.99. The highest BCUT2D eigenvalue weighted by molar-refractivity contribution is 9.09. The molecule has 0 spiro atoms. The van der Waals surface area contributed by atoms with E-state index in [1.165, 1.54) is 69.8 Å². The minimum absolute atomic E-state index is 0.711. The molecule has 1 aromatic carbocycles. The molecule has 0 atom stereocenters. The average molecular weight is 381 g/mol. The minimum atomic E-state index is 0.711. The normalized spacial score (nSPS) is 11.2. The molecule has 0 N–H and O–H groups in total. The lowest BCUT2D eigenvalue weighted by Crippen LogP contribution is -1.98. The zero-order valence-corrected chi connectivity index (χ0v) is 16.3. The first-order valence-corrected chi connectivity index (χ1v) is 10.4. The Bertz CT molecular complexity index is 414. The highest BCUT2D eigenvalue weighted by Gasteiger charge is 1.98. The standard InChI is InChI=1S/C21H33BrO/c1-2-3-4-5-6-7-8-9-10-11-12-15-20-16-13-14-17-21(20)23-19-18-22/h12-17H,2-11,18-19H2,1H3. The fraction of sp³-hybridized carbons (Fsp3) is 0.619. The molecule has 130 valence electrons. The topological polar surface area (TPSA) is 9.23 Å². The van der Waals surface area contributed by atoms with Gasteiger partial charge in [-0.15, -0.1) is 0 Å². The van der Waals surface area contributed by atoms with Gasteiger partial charge < -0.3 is 4.74 Å². The summed E-state index contributed by atoms with van der Waals surface area (Å²) >= 11 is 3.40. The van der Waals surface area contributed by atoms with Gasteiger partial charge in [0.2, 0.25) is 0 Å². The van der Waals surface area contributed by atoms with Crippen molar-refractivity contribution in [2.75, 3.05) is 11.9 Å². The van der Waals surface area contributed by atoms with Crippen LogP contribution in [0.25, 0.3) is 6.08 Å². The van der Waals surface area contributed by atoms with Crippen molar-refractivity contribution in [3.05, 3.63) is 35.9 Å². The van der Waals surface area contributed by atoms with E-state index in [2.05, 4.69) is 47.1 Å². The Morgan fingerprint density at radius 1 is 0.913 bits per heavy atom. The third-order valence-electron chi connectivity index (χ3n) is 4.03.